The van der Waals surface area contributed by atoms with Crippen molar-refractivity contribution in [2.24, 2.45) is 7.05 Å². The van der Waals surface area contributed by atoms with E-state index in [4.69, 9.17) is 4.74 Å². The van der Waals surface area contributed by atoms with Crippen molar-refractivity contribution < 1.29 is 13.2 Å². The van der Waals surface area contributed by atoms with Crippen LogP contribution in [0.15, 0.2) is 10.7 Å². The molecular formula is C10H15BrN2O3S. The first-order valence-electron chi connectivity index (χ1n) is 5.34. The summed E-state index contributed by atoms with van der Waals surface area (Å²) in [5.74, 6) is 0.341. The second-order valence-electron chi connectivity index (χ2n) is 4.33. The fourth-order valence-electron chi connectivity index (χ4n) is 2.29. The van der Waals surface area contributed by atoms with Crippen LogP contribution >= 0.6 is 15.9 Å². The summed E-state index contributed by atoms with van der Waals surface area (Å²) >= 11 is 3.32. The molecule has 17 heavy (non-hydrogen) atoms. The lowest BCUT2D eigenvalue weighted by Crippen LogP contribution is -2.40. The molecule has 0 unspecified atom stereocenters. The Labute approximate surface area is 109 Å². The number of methoxy groups -OCH3 is 1. The molecule has 1 aromatic heterocycles. The van der Waals surface area contributed by atoms with E-state index in [2.05, 4.69) is 21.0 Å². The van der Waals surface area contributed by atoms with Crippen molar-refractivity contribution in [3.05, 3.63) is 16.4 Å². The molecule has 1 aliphatic heterocycles. The van der Waals surface area contributed by atoms with Gasteiger partial charge in [-0.1, -0.05) is 0 Å². The molecule has 0 saturated carbocycles. The number of nitrogens with zero attached hydrogens (tertiary/aromatic N) is 2. The van der Waals surface area contributed by atoms with Crippen LogP contribution < -0.4 is 0 Å². The molecule has 96 valence electrons. The first-order chi connectivity index (χ1) is 7.88. The predicted octanol–water partition coefficient (Wildman–Crippen LogP) is 1.23. The summed E-state index contributed by atoms with van der Waals surface area (Å²) in [7, 11) is 0.562. The molecule has 0 N–H and O–H groups in total. The van der Waals surface area contributed by atoms with E-state index in [1.165, 1.54) is 0 Å². The highest BCUT2D eigenvalue weighted by molar-refractivity contribution is 9.10. The summed E-state index contributed by atoms with van der Waals surface area (Å²) in [5, 5.41) is 4.22. The summed E-state index contributed by atoms with van der Waals surface area (Å²) in [6.45, 7) is 0. The zero-order chi connectivity index (χ0) is 12.7. The van der Waals surface area contributed by atoms with Crippen LogP contribution in [0.25, 0.3) is 0 Å². The maximum atomic E-state index is 11.5. The Morgan fingerprint density at radius 1 is 1.47 bits per heavy atom. The van der Waals surface area contributed by atoms with Crippen LogP contribution in [0.5, 0.6) is 0 Å². The van der Waals surface area contributed by atoms with Gasteiger partial charge in [-0.15, -0.1) is 0 Å². The first-order valence-corrected chi connectivity index (χ1v) is 7.96. The largest absolute Gasteiger partial charge is 0.372 e. The van der Waals surface area contributed by atoms with Gasteiger partial charge in [-0.05, 0) is 34.8 Å². The van der Waals surface area contributed by atoms with Crippen LogP contribution in [-0.4, -0.2) is 36.8 Å². The molecule has 2 heterocycles. The second kappa shape index (κ2) is 4.37. The van der Waals surface area contributed by atoms with Gasteiger partial charge in [-0.3, -0.25) is 4.68 Å². The molecule has 1 aliphatic rings. The van der Waals surface area contributed by atoms with Gasteiger partial charge in [-0.2, -0.15) is 5.10 Å². The Bertz CT molecular complexity index is 510. The number of aryl methyl sites for hydroxylation is 1. The van der Waals surface area contributed by atoms with Crippen LogP contribution in [-0.2, 0) is 27.2 Å². The van der Waals surface area contributed by atoms with Gasteiger partial charge in [0.2, 0.25) is 0 Å². The third-order valence-electron chi connectivity index (χ3n) is 3.34. The smallest absolute Gasteiger partial charge is 0.150 e. The van der Waals surface area contributed by atoms with Crippen molar-refractivity contribution in [1.29, 1.82) is 0 Å². The maximum Gasteiger partial charge on any atom is 0.150 e. The van der Waals surface area contributed by atoms with E-state index in [9.17, 15) is 8.42 Å². The molecule has 0 spiro atoms. The van der Waals surface area contributed by atoms with Gasteiger partial charge in [0.05, 0.1) is 17.2 Å². The summed E-state index contributed by atoms with van der Waals surface area (Å²) in [4.78, 5) is 0. The standard InChI is InChI=1S/C10H15BrN2O3S/c1-13-8(7-9(11)12-13)10(16-2)3-5-17(14,15)6-4-10/h7H,3-6H2,1-2H3. The highest BCUT2D eigenvalue weighted by Crippen LogP contribution is 2.37. The average Bonchev–Trinajstić information content (AvgIpc) is 2.60. The zero-order valence-electron chi connectivity index (χ0n) is 9.81. The van der Waals surface area contributed by atoms with Gasteiger partial charge in [-0.25, -0.2) is 8.42 Å². The van der Waals surface area contributed by atoms with Crippen molar-refractivity contribution >= 4 is 25.8 Å². The van der Waals surface area contributed by atoms with E-state index in [0.717, 1.165) is 10.3 Å². The molecule has 7 heteroatoms. The van der Waals surface area contributed by atoms with Crippen LogP contribution in [0.1, 0.15) is 18.5 Å². The van der Waals surface area contributed by atoms with Gasteiger partial charge < -0.3 is 4.74 Å². The number of aromatic nitrogens is 2. The SMILES string of the molecule is COC1(c2cc(Br)nn2C)CCS(=O)(=O)CC1. The Hall–Kier alpha value is -0.400. The van der Waals surface area contributed by atoms with E-state index in [-0.39, 0.29) is 11.5 Å². The van der Waals surface area contributed by atoms with Gasteiger partial charge in [0.25, 0.3) is 0 Å². The fourth-order valence-corrected chi connectivity index (χ4v) is 4.23. The second-order valence-corrected chi connectivity index (χ2v) is 7.44. The predicted molar refractivity (Wildman–Crippen MR) is 67.5 cm³/mol. The normalized spacial score (nSPS) is 22.5. The minimum absolute atomic E-state index is 0.170. The third kappa shape index (κ3) is 2.41. The van der Waals surface area contributed by atoms with Gasteiger partial charge in [0.15, 0.2) is 9.84 Å². The molecule has 0 aliphatic carbocycles. The lowest BCUT2D eigenvalue weighted by Gasteiger charge is -2.35. The summed E-state index contributed by atoms with van der Waals surface area (Å²) in [6, 6.07) is 1.89. The van der Waals surface area contributed by atoms with Crippen LogP contribution in [0.2, 0.25) is 0 Å². The van der Waals surface area contributed by atoms with E-state index in [1.807, 2.05) is 13.1 Å². The monoisotopic (exact) mass is 322 g/mol. The van der Waals surface area contributed by atoms with Crippen molar-refractivity contribution in [3.63, 3.8) is 0 Å². The van der Waals surface area contributed by atoms with Gasteiger partial charge in [0.1, 0.15) is 10.2 Å². The summed E-state index contributed by atoms with van der Waals surface area (Å²) in [6.07, 6.45) is 0.968. The molecule has 0 radical (unpaired) electrons. The molecule has 0 amide bonds. The highest BCUT2D eigenvalue weighted by atomic mass is 79.9. The molecule has 1 fully saturated rings. The van der Waals surface area contributed by atoms with E-state index in [0.29, 0.717) is 12.8 Å². The molecule has 0 atom stereocenters. The number of ether oxygens (including phenoxy) is 1. The molecule has 0 bridgehead atoms. The third-order valence-corrected chi connectivity index (χ3v) is 5.38. The Morgan fingerprint density at radius 3 is 2.47 bits per heavy atom. The Kier molecular flexibility index (Phi) is 3.35. The van der Waals surface area contributed by atoms with Gasteiger partial charge in [0, 0.05) is 14.2 Å². The number of halogens is 1. The minimum Gasteiger partial charge on any atom is -0.372 e. The molecule has 0 aromatic carbocycles. The number of rotatable bonds is 2. The van der Waals surface area contributed by atoms with Gasteiger partial charge >= 0.3 is 0 Å². The lowest BCUT2D eigenvalue weighted by molar-refractivity contribution is -0.0296. The Balaban J connectivity index is 2.37. The summed E-state index contributed by atoms with van der Waals surface area (Å²) < 4.78 is 31.1. The molecule has 2 rings (SSSR count). The first kappa shape index (κ1) is 13.0. The van der Waals surface area contributed by atoms with Crippen molar-refractivity contribution in [2.45, 2.75) is 18.4 Å². The van der Waals surface area contributed by atoms with Crippen LogP contribution in [0.4, 0.5) is 0 Å². The molecule has 1 saturated heterocycles. The topological polar surface area (TPSA) is 61.2 Å². The van der Waals surface area contributed by atoms with E-state index >= 15 is 0 Å². The zero-order valence-corrected chi connectivity index (χ0v) is 12.2. The van der Waals surface area contributed by atoms with Crippen LogP contribution in [0, 0.1) is 0 Å². The highest BCUT2D eigenvalue weighted by Gasteiger charge is 2.41. The molecule has 5 nitrogen and oxygen atoms in total. The molecular weight excluding hydrogens is 308 g/mol. The minimum atomic E-state index is -2.90. The van der Waals surface area contributed by atoms with E-state index in [1.54, 1.807) is 11.8 Å². The Morgan fingerprint density at radius 2 is 2.06 bits per heavy atom. The van der Waals surface area contributed by atoms with Crippen molar-refractivity contribution in [3.8, 4) is 0 Å². The van der Waals surface area contributed by atoms with E-state index < -0.39 is 15.4 Å². The van der Waals surface area contributed by atoms with Crippen molar-refractivity contribution in [2.75, 3.05) is 18.6 Å². The summed E-state index contributed by atoms with van der Waals surface area (Å²) in [5.41, 5.74) is 0.390. The van der Waals surface area contributed by atoms with Crippen molar-refractivity contribution in [1.82, 2.24) is 9.78 Å². The fraction of sp³-hybridized carbons (Fsp3) is 0.700. The molecule has 1 aromatic rings. The maximum absolute atomic E-state index is 11.5. The average molecular weight is 323 g/mol. The van der Waals surface area contributed by atoms with Crippen LogP contribution in [0.3, 0.4) is 0 Å². The quantitative estimate of drug-likeness (QED) is 0.821. The number of hydrogen-bond donors (Lipinski definition) is 0. The number of hydrogen-bond acceptors (Lipinski definition) is 4. The lowest BCUT2D eigenvalue weighted by atomic mass is 9.92. The number of sulfone groups is 1.